The van der Waals surface area contributed by atoms with Crippen LogP contribution in [-0.4, -0.2) is 78.6 Å². The highest BCUT2D eigenvalue weighted by Crippen LogP contribution is 2.66. The lowest BCUT2D eigenvalue weighted by Crippen LogP contribution is -2.41. The monoisotopic (exact) mass is 676 g/mol. The highest BCUT2D eigenvalue weighted by Gasteiger charge is 2.55. The zero-order chi connectivity index (χ0) is 32.2. The second-order valence-electron chi connectivity index (χ2n) is 10.8. The predicted molar refractivity (Wildman–Crippen MR) is 160 cm³/mol. The Morgan fingerprint density at radius 1 is 0.432 bits per heavy atom. The standard InChI is InChI=1S/C28H28N4O8S4/c1-41(33,34)21-15-19(29-27(31-21)43(3,37)38)25-23(17-11-7-5-8-12-17)26(24(25)18-13-9-6-10-14-18)20-16-22(42(2,35)36)32-28(30-20)44(4,39)40/h5-16,23-26H,1-4H3. The van der Waals surface area contributed by atoms with Crippen molar-refractivity contribution < 1.29 is 33.7 Å². The van der Waals surface area contributed by atoms with Crippen molar-refractivity contribution in [3.8, 4) is 0 Å². The van der Waals surface area contributed by atoms with Crippen molar-refractivity contribution in [2.75, 3.05) is 25.0 Å². The molecule has 0 amide bonds. The van der Waals surface area contributed by atoms with Crippen LogP contribution < -0.4 is 0 Å². The van der Waals surface area contributed by atoms with Gasteiger partial charge in [0.2, 0.25) is 30.0 Å². The van der Waals surface area contributed by atoms with Crippen LogP contribution in [0, 0.1) is 0 Å². The van der Waals surface area contributed by atoms with Gasteiger partial charge in [-0.15, -0.1) is 0 Å². The lowest BCUT2D eigenvalue weighted by molar-refractivity contribution is 0.217. The molecule has 5 rings (SSSR count). The fourth-order valence-corrected chi connectivity index (χ4v) is 7.92. The maximum absolute atomic E-state index is 12.6. The summed E-state index contributed by atoms with van der Waals surface area (Å²) in [6.07, 6.45) is 3.59. The van der Waals surface area contributed by atoms with Crippen molar-refractivity contribution in [3.05, 3.63) is 95.3 Å². The second kappa shape index (κ2) is 11.1. The summed E-state index contributed by atoms with van der Waals surface area (Å²) in [6, 6.07) is 20.5. The molecule has 0 atom stereocenters. The largest absolute Gasteiger partial charge is 0.248 e. The van der Waals surface area contributed by atoms with E-state index in [1.54, 1.807) is 36.4 Å². The third-order valence-corrected chi connectivity index (χ3v) is 11.1. The summed E-state index contributed by atoms with van der Waals surface area (Å²) in [7, 11) is -16.0. The van der Waals surface area contributed by atoms with Gasteiger partial charge in [-0.2, -0.15) is 0 Å². The first kappa shape index (κ1) is 31.8. The van der Waals surface area contributed by atoms with Crippen LogP contribution in [0.3, 0.4) is 0 Å². The van der Waals surface area contributed by atoms with E-state index >= 15 is 0 Å². The van der Waals surface area contributed by atoms with E-state index in [0.717, 1.165) is 36.1 Å². The topological polar surface area (TPSA) is 188 Å². The minimum Gasteiger partial charge on any atom is -0.223 e. The van der Waals surface area contributed by atoms with E-state index in [1.165, 1.54) is 12.1 Å². The van der Waals surface area contributed by atoms with Crippen LogP contribution in [0.4, 0.5) is 0 Å². The van der Waals surface area contributed by atoms with Gasteiger partial charge in [0.25, 0.3) is 0 Å². The number of sulfone groups is 4. The molecule has 1 aliphatic rings. The van der Waals surface area contributed by atoms with Crippen LogP contribution in [0.1, 0.15) is 46.2 Å². The van der Waals surface area contributed by atoms with E-state index < -0.39 is 83.4 Å². The van der Waals surface area contributed by atoms with Crippen LogP contribution in [0.25, 0.3) is 0 Å². The SMILES string of the molecule is CS(=O)(=O)c1cc(C2C(c3ccccc3)C(c3cc(S(C)(=O)=O)nc(S(C)(=O)=O)n3)C2c2ccccc2)nc(S(C)(=O)=O)n1. The van der Waals surface area contributed by atoms with Gasteiger partial charge in [-0.3, -0.25) is 0 Å². The quantitative estimate of drug-likeness (QED) is 0.196. The van der Waals surface area contributed by atoms with E-state index in [1.807, 2.05) is 24.3 Å². The molecule has 0 unspecified atom stereocenters. The Bertz CT molecular complexity index is 1930. The molecule has 2 aromatic heterocycles. The van der Waals surface area contributed by atoms with Gasteiger partial charge in [0.1, 0.15) is 0 Å². The molecule has 1 saturated carbocycles. The molecule has 2 aromatic carbocycles. The maximum atomic E-state index is 12.6. The zero-order valence-corrected chi connectivity index (χ0v) is 27.2. The minimum atomic E-state index is -4.04. The van der Waals surface area contributed by atoms with E-state index in [-0.39, 0.29) is 11.4 Å². The number of hydrogen-bond donors (Lipinski definition) is 0. The second-order valence-corrected chi connectivity index (χ2v) is 18.6. The number of hydrogen-bond acceptors (Lipinski definition) is 12. The molecular weight excluding hydrogens is 649 g/mol. The number of nitrogens with zero attached hydrogens (tertiary/aromatic N) is 4. The van der Waals surface area contributed by atoms with Crippen molar-refractivity contribution in [2.45, 2.75) is 44.0 Å². The van der Waals surface area contributed by atoms with E-state index in [2.05, 4.69) is 19.9 Å². The minimum absolute atomic E-state index is 0.139. The third kappa shape index (κ3) is 6.29. The molecule has 0 saturated heterocycles. The first-order chi connectivity index (χ1) is 20.4. The Labute approximate surface area is 256 Å². The molecule has 4 aromatic rings. The van der Waals surface area contributed by atoms with E-state index in [0.29, 0.717) is 0 Å². The van der Waals surface area contributed by atoms with Crippen LogP contribution in [0.2, 0.25) is 0 Å². The summed E-state index contributed by atoms with van der Waals surface area (Å²) in [4.78, 5) is 16.3. The van der Waals surface area contributed by atoms with Gasteiger partial charge >= 0.3 is 0 Å². The average molecular weight is 677 g/mol. The summed E-state index contributed by atoms with van der Waals surface area (Å²) in [5.41, 5.74) is 1.74. The van der Waals surface area contributed by atoms with Crippen LogP contribution in [-0.2, 0) is 39.3 Å². The third-order valence-electron chi connectivity index (χ3n) is 7.43. The Balaban J connectivity index is 1.85. The zero-order valence-electron chi connectivity index (χ0n) is 23.9. The van der Waals surface area contributed by atoms with E-state index in [9.17, 15) is 33.7 Å². The van der Waals surface area contributed by atoms with Gasteiger partial charge in [-0.1, -0.05) is 60.7 Å². The predicted octanol–water partition coefficient (Wildman–Crippen LogP) is 2.33. The highest BCUT2D eigenvalue weighted by atomic mass is 32.2. The fraction of sp³-hybridized carbons (Fsp3) is 0.286. The van der Waals surface area contributed by atoms with Crippen molar-refractivity contribution in [3.63, 3.8) is 0 Å². The molecule has 0 radical (unpaired) electrons. The summed E-state index contributed by atoms with van der Waals surface area (Å²) in [6.45, 7) is 0. The summed E-state index contributed by atoms with van der Waals surface area (Å²) >= 11 is 0. The average Bonchev–Trinajstić information content (AvgIpc) is 2.91. The van der Waals surface area contributed by atoms with Crippen molar-refractivity contribution >= 4 is 39.3 Å². The Kier molecular flexibility index (Phi) is 8.01. The molecule has 1 fully saturated rings. The van der Waals surface area contributed by atoms with Gasteiger partial charge in [-0.25, -0.2) is 53.6 Å². The first-order valence-corrected chi connectivity index (χ1v) is 20.6. The molecule has 0 aliphatic heterocycles. The van der Waals surface area contributed by atoms with Crippen LogP contribution in [0.15, 0.2) is 93.2 Å². The number of aromatic nitrogens is 4. The molecule has 44 heavy (non-hydrogen) atoms. The molecule has 12 nitrogen and oxygen atoms in total. The van der Waals surface area contributed by atoms with Crippen LogP contribution in [0.5, 0.6) is 0 Å². The lowest BCUT2D eigenvalue weighted by atomic mass is 9.50. The van der Waals surface area contributed by atoms with Crippen molar-refractivity contribution in [1.29, 1.82) is 0 Å². The number of benzene rings is 2. The molecule has 1 aliphatic carbocycles. The van der Waals surface area contributed by atoms with Crippen molar-refractivity contribution in [2.24, 2.45) is 0 Å². The van der Waals surface area contributed by atoms with Crippen molar-refractivity contribution in [1.82, 2.24) is 19.9 Å². The van der Waals surface area contributed by atoms with Gasteiger partial charge in [0.15, 0.2) is 29.7 Å². The molecular formula is C28H28N4O8S4. The lowest BCUT2D eigenvalue weighted by Gasteiger charge is -2.52. The van der Waals surface area contributed by atoms with Gasteiger partial charge in [0.05, 0.1) is 11.4 Å². The van der Waals surface area contributed by atoms with E-state index in [4.69, 9.17) is 0 Å². The van der Waals surface area contributed by atoms with Gasteiger partial charge < -0.3 is 0 Å². The molecule has 0 N–H and O–H groups in total. The van der Waals surface area contributed by atoms with Gasteiger partial charge in [-0.05, 0) is 23.3 Å². The maximum Gasteiger partial charge on any atom is 0.248 e. The smallest absolute Gasteiger partial charge is 0.223 e. The van der Waals surface area contributed by atoms with Gasteiger partial charge in [0, 0.05) is 48.7 Å². The Hall–Kier alpha value is -3.60. The molecule has 232 valence electrons. The summed E-state index contributed by atoms with van der Waals surface area (Å²) < 4.78 is 101. The Morgan fingerprint density at radius 2 is 0.750 bits per heavy atom. The molecule has 2 heterocycles. The molecule has 16 heteroatoms. The first-order valence-electron chi connectivity index (χ1n) is 13.0. The normalized spacial score (nSPS) is 21.0. The highest BCUT2D eigenvalue weighted by molar-refractivity contribution is 7.91. The molecule has 0 bridgehead atoms. The fourth-order valence-electron chi connectivity index (χ4n) is 5.56. The number of rotatable bonds is 8. The summed E-state index contributed by atoms with van der Waals surface area (Å²) in [5.74, 6) is -2.48. The summed E-state index contributed by atoms with van der Waals surface area (Å²) in [5, 5.41) is -2.24. The molecule has 0 spiro atoms. The Morgan fingerprint density at radius 3 is 1.02 bits per heavy atom. The van der Waals surface area contributed by atoms with Crippen LogP contribution >= 0.6 is 0 Å².